The van der Waals surface area contributed by atoms with Gasteiger partial charge in [0.05, 0.1) is 10.0 Å². The number of nitrogens with zero attached hydrogens (tertiary/aromatic N) is 1. The van der Waals surface area contributed by atoms with Crippen LogP contribution in [0.2, 0.25) is 10.0 Å². The molecule has 20 heavy (non-hydrogen) atoms. The van der Waals surface area contributed by atoms with Crippen molar-refractivity contribution >= 4 is 29.1 Å². The Kier molecular flexibility index (Phi) is 4.95. The summed E-state index contributed by atoms with van der Waals surface area (Å²) in [6.07, 6.45) is 3.81. The highest BCUT2D eigenvalue weighted by molar-refractivity contribution is 6.42. The maximum absolute atomic E-state index is 12.3. The first-order valence-corrected chi connectivity index (χ1v) is 7.60. The molecule has 0 aliphatic heterocycles. The number of halogens is 2. The van der Waals surface area contributed by atoms with Crippen molar-refractivity contribution in [3.05, 3.63) is 33.8 Å². The monoisotopic (exact) mass is 314 g/mol. The van der Waals surface area contributed by atoms with Crippen LogP contribution in [0.5, 0.6) is 0 Å². The van der Waals surface area contributed by atoms with Crippen LogP contribution in [0.3, 0.4) is 0 Å². The number of amides is 1. The summed E-state index contributed by atoms with van der Waals surface area (Å²) < 4.78 is 0. The Balaban J connectivity index is 1.99. The van der Waals surface area contributed by atoms with E-state index in [9.17, 15) is 4.79 Å². The Morgan fingerprint density at radius 2 is 2.10 bits per heavy atom. The summed E-state index contributed by atoms with van der Waals surface area (Å²) >= 11 is 12.1. The Bertz CT molecular complexity index is 495. The third-order valence-corrected chi connectivity index (χ3v) is 5.10. The van der Waals surface area contributed by atoms with E-state index in [0.717, 1.165) is 18.4 Å². The molecule has 1 fully saturated rings. The average Bonchev–Trinajstić information content (AvgIpc) is 2.39. The molecular formula is C15H20Cl2N2O. The maximum atomic E-state index is 12.3. The largest absolute Gasteiger partial charge is 0.341 e. The van der Waals surface area contributed by atoms with Crippen molar-refractivity contribution in [3.8, 4) is 0 Å². The van der Waals surface area contributed by atoms with Crippen LogP contribution in [0, 0.1) is 5.41 Å². The minimum atomic E-state index is 0.0312. The lowest BCUT2D eigenvalue weighted by Gasteiger charge is -2.41. The molecule has 5 heteroatoms. The second-order valence-electron chi connectivity index (χ2n) is 5.70. The van der Waals surface area contributed by atoms with E-state index < -0.39 is 0 Å². The molecule has 2 N–H and O–H groups in total. The Hall–Kier alpha value is -0.770. The van der Waals surface area contributed by atoms with Gasteiger partial charge in [-0.1, -0.05) is 41.8 Å². The van der Waals surface area contributed by atoms with Gasteiger partial charge in [0.1, 0.15) is 0 Å². The van der Waals surface area contributed by atoms with E-state index in [0.29, 0.717) is 29.6 Å². The summed E-state index contributed by atoms with van der Waals surface area (Å²) in [5.41, 5.74) is 6.70. The minimum Gasteiger partial charge on any atom is -0.341 e. The molecule has 0 bridgehead atoms. The van der Waals surface area contributed by atoms with Crippen LogP contribution in [-0.2, 0) is 11.3 Å². The fourth-order valence-electron chi connectivity index (χ4n) is 2.60. The van der Waals surface area contributed by atoms with Gasteiger partial charge in [-0.3, -0.25) is 4.79 Å². The van der Waals surface area contributed by atoms with Crippen molar-refractivity contribution in [3.63, 3.8) is 0 Å². The normalized spacial score (nSPS) is 16.6. The van der Waals surface area contributed by atoms with Gasteiger partial charge in [0.25, 0.3) is 0 Å². The number of carbonyl (C=O) groups is 1. The first-order chi connectivity index (χ1) is 9.47. The van der Waals surface area contributed by atoms with Gasteiger partial charge in [-0.15, -0.1) is 0 Å². The predicted octanol–water partition coefficient (Wildman–Crippen LogP) is 3.47. The summed E-state index contributed by atoms with van der Waals surface area (Å²) in [5, 5.41) is 1.04. The highest BCUT2D eigenvalue weighted by Gasteiger charge is 2.38. The quantitative estimate of drug-likeness (QED) is 0.904. The molecule has 3 nitrogen and oxygen atoms in total. The number of rotatable bonds is 5. The summed E-state index contributed by atoms with van der Waals surface area (Å²) in [7, 11) is 1.79. The van der Waals surface area contributed by atoms with Crippen molar-refractivity contribution < 1.29 is 4.79 Å². The molecule has 1 aliphatic rings. The van der Waals surface area contributed by atoms with Crippen molar-refractivity contribution in [2.45, 2.75) is 32.2 Å². The lowest BCUT2D eigenvalue weighted by molar-refractivity contribution is -0.134. The van der Waals surface area contributed by atoms with Gasteiger partial charge in [-0.2, -0.15) is 0 Å². The smallest absolute Gasteiger partial charge is 0.223 e. The molecule has 1 amide bonds. The topological polar surface area (TPSA) is 46.3 Å². The molecule has 2 rings (SSSR count). The molecule has 0 radical (unpaired) electrons. The molecule has 1 saturated carbocycles. The van der Waals surface area contributed by atoms with E-state index in [1.54, 1.807) is 18.0 Å². The summed E-state index contributed by atoms with van der Waals surface area (Å²) in [5.74, 6) is 0.117. The van der Waals surface area contributed by atoms with E-state index >= 15 is 0 Å². The van der Waals surface area contributed by atoms with Crippen LogP contribution in [0.25, 0.3) is 0 Å². The van der Waals surface area contributed by atoms with Crippen LogP contribution < -0.4 is 5.73 Å². The number of nitrogens with two attached hydrogens (primary N) is 1. The summed E-state index contributed by atoms with van der Waals surface area (Å²) in [4.78, 5) is 14.0. The lowest BCUT2D eigenvalue weighted by atomic mass is 9.66. The zero-order valence-electron chi connectivity index (χ0n) is 11.7. The third-order valence-electron chi connectivity index (χ3n) is 4.24. The van der Waals surface area contributed by atoms with Crippen LogP contribution in [0.15, 0.2) is 18.2 Å². The van der Waals surface area contributed by atoms with E-state index in [-0.39, 0.29) is 11.3 Å². The lowest BCUT2D eigenvalue weighted by Crippen LogP contribution is -2.42. The summed E-state index contributed by atoms with van der Waals surface area (Å²) in [6, 6.07) is 5.47. The number of hydrogen-bond donors (Lipinski definition) is 1. The maximum Gasteiger partial charge on any atom is 0.223 e. The Morgan fingerprint density at radius 3 is 2.65 bits per heavy atom. The number of hydrogen-bond acceptors (Lipinski definition) is 2. The molecule has 0 saturated heterocycles. The molecule has 0 unspecified atom stereocenters. The first kappa shape index (κ1) is 15.6. The van der Waals surface area contributed by atoms with Crippen LogP contribution >= 0.6 is 23.2 Å². The summed E-state index contributed by atoms with van der Waals surface area (Å²) in [6.45, 7) is 1.06. The van der Waals surface area contributed by atoms with Gasteiger partial charge in [0.2, 0.25) is 5.91 Å². The van der Waals surface area contributed by atoms with Crippen molar-refractivity contribution in [2.24, 2.45) is 11.1 Å². The molecule has 0 heterocycles. The average molecular weight is 315 g/mol. The second-order valence-corrected chi connectivity index (χ2v) is 6.48. The first-order valence-electron chi connectivity index (χ1n) is 6.84. The van der Waals surface area contributed by atoms with Gasteiger partial charge in [-0.25, -0.2) is 0 Å². The van der Waals surface area contributed by atoms with E-state index in [4.69, 9.17) is 28.9 Å². The minimum absolute atomic E-state index is 0.0312. The van der Waals surface area contributed by atoms with E-state index in [1.807, 2.05) is 12.1 Å². The van der Waals surface area contributed by atoms with E-state index in [1.165, 1.54) is 6.42 Å². The molecule has 110 valence electrons. The van der Waals surface area contributed by atoms with E-state index in [2.05, 4.69) is 0 Å². The van der Waals surface area contributed by atoms with Crippen molar-refractivity contribution in [1.82, 2.24) is 4.90 Å². The molecule has 0 spiro atoms. The van der Waals surface area contributed by atoms with Crippen LogP contribution in [0.4, 0.5) is 0 Å². The van der Waals surface area contributed by atoms with Crippen molar-refractivity contribution in [2.75, 3.05) is 13.6 Å². The Labute approximate surface area is 130 Å². The van der Waals surface area contributed by atoms with Gasteiger partial charge in [0.15, 0.2) is 0 Å². The Morgan fingerprint density at radius 1 is 1.40 bits per heavy atom. The second kappa shape index (κ2) is 6.33. The van der Waals surface area contributed by atoms with Crippen LogP contribution in [0.1, 0.15) is 31.2 Å². The number of carbonyl (C=O) groups excluding carboxylic acids is 1. The molecule has 0 aromatic heterocycles. The highest BCUT2D eigenvalue weighted by Crippen LogP contribution is 2.43. The third kappa shape index (κ3) is 3.27. The molecular weight excluding hydrogens is 295 g/mol. The van der Waals surface area contributed by atoms with Crippen molar-refractivity contribution in [1.29, 1.82) is 0 Å². The van der Waals surface area contributed by atoms with Gasteiger partial charge < -0.3 is 10.6 Å². The molecule has 1 aromatic rings. The molecule has 1 aliphatic carbocycles. The van der Waals surface area contributed by atoms with Gasteiger partial charge >= 0.3 is 0 Å². The molecule has 0 atom stereocenters. The SMILES string of the molecule is CN(Cc1cccc(Cl)c1Cl)C(=O)CC1(CN)CCC1. The fraction of sp³-hybridized carbons (Fsp3) is 0.533. The van der Waals surface area contributed by atoms with Gasteiger partial charge in [-0.05, 0) is 36.4 Å². The van der Waals surface area contributed by atoms with Crippen LogP contribution in [-0.4, -0.2) is 24.4 Å². The fourth-order valence-corrected chi connectivity index (χ4v) is 2.98. The zero-order chi connectivity index (χ0) is 14.8. The van der Waals surface area contributed by atoms with Gasteiger partial charge in [0, 0.05) is 20.0 Å². The standard InChI is InChI=1S/C15H20Cl2N2O/c1-19(9-11-4-2-5-12(16)14(11)17)13(20)8-15(10-18)6-3-7-15/h2,4-5H,3,6-10,18H2,1H3. The zero-order valence-corrected chi connectivity index (χ0v) is 13.2. The highest BCUT2D eigenvalue weighted by atomic mass is 35.5. The molecule has 1 aromatic carbocycles. The predicted molar refractivity (Wildman–Crippen MR) is 82.9 cm³/mol. The number of benzene rings is 1.